The number of carbonyl (C=O) groups excluding carboxylic acids is 2. The second-order valence-electron chi connectivity index (χ2n) is 6.29. The zero-order chi connectivity index (χ0) is 14.2. The Kier molecular flexibility index (Phi) is 3.88. The van der Waals surface area contributed by atoms with Crippen molar-refractivity contribution >= 4 is 11.8 Å². The standard InChI is InChI=1S/C15H26N2O2/c1-5-11-13(18)16-12(10(3)4)14(19)17(11)15(6-2)8-7-9-15/h10-12H,5-9H2,1-4H3,(H,16,18). The van der Waals surface area contributed by atoms with Gasteiger partial charge >= 0.3 is 0 Å². The average Bonchev–Trinajstić information content (AvgIpc) is 2.32. The van der Waals surface area contributed by atoms with Gasteiger partial charge in [-0.15, -0.1) is 0 Å². The summed E-state index contributed by atoms with van der Waals surface area (Å²) >= 11 is 0. The van der Waals surface area contributed by atoms with Crippen LogP contribution in [0.5, 0.6) is 0 Å². The maximum Gasteiger partial charge on any atom is 0.246 e. The molecule has 19 heavy (non-hydrogen) atoms. The minimum atomic E-state index is -0.348. The Morgan fingerprint density at radius 3 is 2.32 bits per heavy atom. The zero-order valence-corrected chi connectivity index (χ0v) is 12.5. The molecule has 4 nitrogen and oxygen atoms in total. The van der Waals surface area contributed by atoms with E-state index in [0.717, 1.165) is 19.3 Å². The van der Waals surface area contributed by atoms with E-state index in [1.54, 1.807) is 0 Å². The largest absolute Gasteiger partial charge is 0.342 e. The maximum atomic E-state index is 12.8. The molecule has 2 unspecified atom stereocenters. The highest BCUT2D eigenvalue weighted by atomic mass is 16.2. The van der Waals surface area contributed by atoms with Crippen LogP contribution in [-0.2, 0) is 9.59 Å². The topological polar surface area (TPSA) is 49.4 Å². The molecule has 0 spiro atoms. The van der Waals surface area contributed by atoms with E-state index in [-0.39, 0.29) is 35.4 Å². The van der Waals surface area contributed by atoms with Gasteiger partial charge in [-0.25, -0.2) is 0 Å². The number of hydrogen-bond acceptors (Lipinski definition) is 2. The SMILES string of the molecule is CCC1C(=O)NC(C(C)C)C(=O)N1C1(CC)CCC1. The highest BCUT2D eigenvalue weighted by Crippen LogP contribution is 2.43. The smallest absolute Gasteiger partial charge is 0.246 e. The summed E-state index contributed by atoms with van der Waals surface area (Å²) in [5, 5.41) is 2.91. The summed E-state index contributed by atoms with van der Waals surface area (Å²) in [6.07, 6.45) is 4.91. The van der Waals surface area contributed by atoms with E-state index < -0.39 is 0 Å². The van der Waals surface area contributed by atoms with Gasteiger partial charge in [0.25, 0.3) is 0 Å². The predicted molar refractivity (Wildman–Crippen MR) is 74.6 cm³/mol. The fourth-order valence-electron chi connectivity index (χ4n) is 3.47. The number of nitrogens with zero attached hydrogens (tertiary/aromatic N) is 1. The third kappa shape index (κ3) is 2.15. The number of rotatable bonds is 4. The molecule has 2 atom stereocenters. The summed E-state index contributed by atoms with van der Waals surface area (Å²) in [6.45, 7) is 8.11. The van der Waals surface area contributed by atoms with Gasteiger partial charge in [0.15, 0.2) is 0 Å². The van der Waals surface area contributed by atoms with Crippen LogP contribution < -0.4 is 5.32 Å². The molecule has 1 aliphatic carbocycles. The molecule has 0 aromatic rings. The molecule has 1 saturated carbocycles. The third-order valence-corrected chi connectivity index (χ3v) is 4.92. The van der Waals surface area contributed by atoms with Crippen LogP contribution in [0.1, 0.15) is 59.8 Å². The molecule has 0 radical (unpaired) electrons. The van der Waals surface area contributed by atoms with Crippen molar-refractivity contribution in [1.82, 2.24) is 10.2 Å². The maximum absolute atomic E-state index is 12.8. The number of hydrogen-bond donors (Lipinski definition) is 1. The van der Waals surface area contributed by atoms with Crippen molar-refractivity contribution in [1.29, 1.82) is 0 Å². The van der Waals surface area contributed by atoms with Gasteiger partial charge in [-0.05, 0) is 38.0 Å². The molecule has 1 saturated heterocycles. The molecule has 108 valence electrons. The van der Waals surface area contributed by atoms with Crippen molar-refractivity contribution in [2.75, 3.05) is 0 Å². The molecule has 0 bridgehead atoms. The molecule has 1 N–H and O–H groups in total. The first kappa shape index (κ1) is 14.4. The first-order chi connectivity index (χ1) is 8.96. The highest BCUT2D eigenvalue weighted by molar-refractivity contribution is 5.97. The van der Waals surface area contributed by atoms with Crippen LogP contribution >= 0.6 is 0 Å². The first-order valence-corrected chi connectivity index (χ1v) is 7.60. The van der Waals surface area contributed by atoms with Crippen molar-refractivity contribution in [2.45, 2.75) is 77.4 Å². The summed E-state index contributed by atoms with van der Waals surface area (Å²) in [4.78, 5) is 27.0. The van der Waals surface area contributed by atoms with Gasteiger partial charge in [-0.1, -0.05) is 27.7 Å². The van der Waals surface area contributed by atoms with Crippen molar-refractivity contribution in [3.63, 3.8) is 0 Å². The molecule has 0 aromatic heterocycles. The lowest BCUT2D eigenvalue weighted by atomic mass is 9.71. The number of amides is 2. The minimum Gasteiger partial charge on any atom is -0.342 e. The van der Waals surface area contributed by atoms with E-state index >= 15 is 0 Å². The molecule has 1 heterocycles. The van der Waals surface area contributed by atoms with Gasteiger partial charge in [-0.2, -0.15) is 0 Å². The van der Waals surface area contributed by atoms with E-state index in [2.05, 4.69) is 12.2 Å². The molecular weight excluding hydrogens is 240 g/mol. The lowest BCUT2D eigenvalue weighted by molar-refractivity contribution is -0.163. The van der Waals surface area contributed by atoms with E-state index in [9.17, 15) is 9.59 Å². The van der Waals surface area contributed by atoms with Crippen LogP contribution in [0.3, 0.4) is 0 Å². The molecule has 2 aliphatic rings. The lowest BCUT2D eigenvalue weighted by Crippen LogP contribution is -2.71. The van der Waals surface area contributed by atoms with E-state index in [1.807, 2.05) is 25.7 Å². The van der Waals surface area contributed by atoms with Crippen LogP contribution in [0.25, 0.3) is 0 Å². The van der Waals surface area contributed by atoms with Crippen LogP contribution in [0, 0.1) is 5.92 Å². The summed E-state index contributed by atoms with van der Waals surface area (Å²) in [7, 11) is 0. The molecule has 2 fully saturated rings. The van der Waals surface area contributed by atoms with E-state index in [0.29, 0.717) is 6.42 Å². The molecule has 1 aliphatic heterocycles. The van der Waals surface area contributed by atoms with E-state index in [4.69, 9.17) is 0 Å². The van der Waals surface area contributed by atoms with Gasteiger partial charge in [0.05, 0.1) is 0 Å². The predicted octanol–water partition coefficient (Wildman–Crippen LogP) is 2.08. The van der Waals surface area contributed by atoms with Crippen molar-refractivity contribution in [3.05, 3.63) is 0 Å². The Hall–Kier alpha value is -1.06. The first-order valence-electron chi connectivity index (χ1n) is 7.60. The number of nitrogens with one attached hydrogen (secondary N) is 1. The number of carbonyl (C=O) groups is 2. The van der Waals surface area contributed by atoms with Gasteiger partial charge in [0.1, 0.15) is 12.1 Å². The molecule has 0 aromatic carbocycles. The Bertz CT molecular complexity index is 369. The quantitative estimate of drug-likeness (QED) is 0.847. The summed E-state index contributed by atoms with van der Waals surface area (Å²) in [5.41, 5.74) is -0.0529. The molecule has 2 rings (SSSR count). The third-order valence-electron chi connectivity index (χ3n) is 4.92. The lowest BCUT2D eigenvalue weighted by Gasteiger charge is -2.55. The number of piperazine rings is 1. The highest BCUT2D eigenvalue weighted by Gasteiger charge is 2.52. The Labute approximate surface area is 115 Å². The van der Waals surface area contributed by atoms with Crippen LogP contribution in [0.4, 0.5) is 0 Å². The van der Waals surface area contributed by atoms with E-state index in [1.165, 1.54) is 6.42 Å². The van der Waals surface area contributed by atoms with Gasteiger partial charge in [0, 0.05) is 5.54 Å². The average molecular weight is 266 g/mol. The molecule has 4 heteroatoms. The second-order valence-corrected chi connectivity index (χ2v) is 6.29. The Morgan fingerprint density at radius 2 is 1.95 bits per heavy atom. The summed E-state index contributed by atoms with van der Waals surface area (Å²) < 4.78 is 0. The molecule has 2 amide bonds. The fourth-order valence-corrected chi connectivity index (χ4v) is 3.47. The van der Waals surface area contributed by atoms with Crippen molar-refractivity contribution < 1.29 is 9.59 Å². The summed E-state index contributed by atoms with van der Waals surface area (Å²) in [6, 6.07) is -0.623. The molecular formula is C15H26N2O2. The minimum absolute atomic E-state index is 0.0283. The fraction of sp³-hybridized carbons (Fsp3) is 0.867. The summed E-state index contributed by atoms with van der Waals surface area (Å²) in [5.74, 6) is 0.300. The normalized spacial score (nSPS) is 30.3. The van der Waals surface area contributed by atoms with Gasteiger partial charge in [0.2, 0.25) is 11.8 Å². The second kappa shape index (κ2) is 5.14. The van der Waals surface area contributed by atoms with Crippen molar-refractivity contribution in [2.24, 2.45) is 5.92 Å². The monoisotopic (exact) mass is 266 g/mol. The van der Waals surface area contributed by atoms with Crippen LogP contribution in [-0.4, -0.2) is 34.3 Å². The van der Waals surface area contributed by atoms with Crippen LogP contribution in [0.2, 0.25) is 0 Å². The van der Waals surface area contributed by atoms with Gasteiger partial charge in [-0.3, -0.25) is 9.59 Å². The zero-order valence-electron chi connectivity index (χ0n) is 12.5. The van der Waals surface area contributed by atoms with Crippen LogP contribution in [0.15, 0.2) is 0 Å². The van der Waals surface area contributed by atoms with Gasteiger partial charge < -0.3 is 10.2 Å². The Balaban J connectivity index is 2.34. The van der Waals surface area contributed by atoms with Crippen molar-refractivity contribution in [3.8, 4) is 0 Å². The Morgan fingerprint density at radius 1 is 1.32 bits per heavy atom.